The van der Waals surface area contributed by atoms with Crippen molar-refractivity contribution in [1.82, 2.24) is 14.9 Å². The molecule has 0 spiro atoms. The summed E-state index contributed by atoms with van der Waals surface area (Å²) in [5.41, 5.74) is 0.841. The Hall–Kier alpha value is -1.96. The van der Waals surface area contributed by atoms with Crippen molar-refractivity contribution >= 4 is 16.9 Å². The van der Waals surface area contributed by atoms with E-state index in [-0.39, 0.29) is 6.10 Å². The molecule has 0 atom stereocenters. The molecule has 7 heteroatoms. The molecule has 27 heavy (non-hydrogen) atoms. The number of rotatable bonds is 6. The lowest BCUT2D eigenvalue weighted by Gasteiger charge is -2.26. The Bertz CT molecular complexity index is 743. The molecule has 1 saturated carbocycles. The van der Waals surface area contributed by atoms with Crippen LogP contribution in [-0.2, 0) is 4.74 Å². The van der Waals surface area contributed by atoms with Crippen molar-refractivity contribution in [3.8, 4) is 5.75 Å². The zero-order valence-corrected chi connectivity index (χ0v) is 15.6. The Balaban J connectivity index is 1.41. The molecule has 1 aliphatic heterocycles. The van der Waals surface area contributed by atoms with E-state index < -0.39 is 0 Å². The minimum atomic E-state index is -0.160. The standard InChI is InChI=1S/C20H28N4O3/c25-17-6-4-16(5-7-17)22-20-21-14-15-2-1-3-18(19(15)23-20)27-13-10-24-8-11-26-12-9-24/h1-3,14,16-17,25H,4-13H2,(H,21,22,23). The lowest BCUT2D eigenvalue weighted by atomic mass is 9.93. The molecule has 0 bridgehead atoms. The van der Waals surface area contributed by atoms with Crippen molar-refractivity contribution in [2.45, 2.75) is 37.8 Å². The molecule has 1 aromatic carbocycles. The maximum Gasteiger partial charge on any atom is 0.223 e. The van der Waals surface area contributed by atoms with Crippen LogP contribution < -0.4 is 10.1 Å². The minimum Gasteiger partial charge on any atom is -0.490 e. The largest absolute Gasteiger partial charge is 0.490 e. The summed E-state index contributed by atoms with van der Waals surface area (Å²) in [6.45, 7) is 5.05. The molecule has 2 aliphatic rings. The van der Waals surface area contributed by atoms with Gasteiger partial charge in [0.2, 0.25) is 5.95 Å². The van der Waals surface area contributed by atoms with E-state index in [1.54, 1.807) is 0 Å². The summed E-state index contributed by atoms with van der Waals surface area (Å²) in [5.74, 6) is 1.43. The van der Waals surface area contributed by atoms with Gasteiger partial charge in [0.25, 0.3) is 0 Å². The van der Waals surface area contributed by atoms with Gasteiger partial charge in [-0.15, -0.1) is 0 Å². The van der Waals surface area contributed by atoms with Crippen LogP contribution in [0, 0.1) is 0 Å². The van der Waals surface area contributed by atoms with Gasteiger partial charge in [0.05, 0.1) is 19.3 Å². The van der Waals surface area contributed by atoms with Gasteiger partial charge in [-0.05, 0) is 31.7 Å². The molecule has 1 aromatic heterocycles. The van der Waals surface area contributed by atoms with Gasteiger partial charge >= 0.3 is 0 Å². The third-order valence-corrected chi connectivity index (χ3v) is 5.37. The van der Waals surface area contributed by atoms with E-state index in [0.29, 0.717) is 18.6 Å². The Labute approximate surface area is 159 Å². The molecule has 146 valence electrons. The SMILES string of the molecule is OC1CCC(Nc2ncc3cccc(OCCN4CCOCC4)c3n2)CC1. The van der Waals surface area contributed by atoms with Crippen LogP contribution in [0.4, 0.5) is 5.95 Å². The average molecular weight is 372 g/mol. The maximum absolute atomic E-state index is 9.66. The van der Waals surface area contributed by atoms with Gasteiger partial charge in [0, 0.05) is 37.3 Å². The van der Waals surface area contributed by atoms with Crippen molar-refractivity contribution in [2.24, 2.45) is 0 Å². The first-order valence-electron chi connectivity index (χ1n) is 9.91. The highest BCUT2D eigenvalue weighted by atomic mass is 16.5. The summed E-state index contributed by atoms with van der Waals surface area (Å²) >= 11 is 0. The number of nitrogens with one attached hydrogen (secondary N) is 1. The monoisotopic (exact) mass is 372 g/mol. The summed E-state index contributed by atoms with van der Waals surface area (Å²) < 4.78 is 11.4. The summed E-state index contributed by atoms with van der Waals surface area (Å²) in [4.78, 5) is 11.5. The van der Waals surface area contributed by atoms with Crippen molar-refractivity contribution < 1.29 is 14.6 Å². The number of ether oxygens (including phenoxy) is 2. The summed E-state index contributed by atoms with van der Waals surface area (Å²) in [6.07, 6.45) is 5.24. The number of benzene rings is 1. The van der Waals surface area contributed by atoms with Gasteiger partial charge in [0.15, 0.2) is 0 Å². The Morgan fingerprint density at radius 1 is 1.19 bits per heavy atom. The minimum absolute atomic E-state index is 0.160. The Morgan fingerprint density at radius 3 is 2.81 bits per heavy atom. The number of morpholine rings is 1. The van der Waals surface area contributed by atoms with E-state index in [4.69, 9.17) is 14.5 Å². The molecule has 2 fully saturated rings. The third kappa shape index (κ3) is 4.86. The van der Waals surface area contributed by atoms with Crippen LogP contribution in [0.1, 0.15) is 25.7 Å². The normalized spacial score (nSPS) is 24.0. The summed E-state index contributed by atoms with van der Waals surface area (Å²) in [6, 6.07) is 6.27. The number of nitrogens with zero attached hydrogens (tertiary/aromatic N) is 3. The van der Waals surface area contributed by atoms with Crippen LogP contribution in [0.15, 0.2) is 24.4 Å². The fraction of sp³-hybridized carbons (Fsp3) is 0.600. The highest BCUT2D eigenvalue weighted by Gasteiger charge is 2.20. The number of hydrogen-bond donors (Lipinski definition) is 2. The molecule has 2 heterocycles. The predicted octanol–water partition coefficient (Wildman–Crippen LogP) is 2.06. The zero-order valence-electron chi connectivity index (χ0n) is 15.6. The quantitative estimate of drug-likeness (QED) is 0.803. The Kier molecular flexibility index (Phi) is 6.01. The first kappa shape index (κ1) is 18.4. The van der Waals surface area contributed by atoms with E-state index >= 15 is 0 Å². The smallest absolute Gasteiger partial charge is 0.223 e. The number of anilines is 1. The molecular formula is C20H28N4O3. The van der Waals surface area contributed by atoms with Gasteiger partial charge in [-0.2, -0.15) is 0 Å². The summed E-state index contributed by atoms with van der Waals surface area (Å²) in [5, 5.41) is 14.1. The number of hydrogen-bond acceptors (Lipinski definition) is 7. The van der Waals surface area contributed by atoms with Gasteiger partial charge in [-0.3, -0.25) is 4.90 Å². The second kappa shape index (κ2) is 8.82. The molecule has 2 aromatic rings. The molecule has 0 unspecified atom stereocenters. The fourth-order valence-corrected chi connectivity index (χ4v) is 3.73. The highest BCUT2D eigenvalue weighted by Crippen LogP contribution is 2.26. The molecule has 0 amide bonds. The molecule has 7 nitrogen and oxygen atoms in total. The van der Waals surface area contributed by atoms with E-state index in [2.05, 4.69) is 15.2 Å². The summed E-state index contributed by atoms with van der Waals surface area (Å²) in [7, 11) is 0. The molecule has 1 saturated heterocycles. The number of aliphatic hydroxyl groups is 1. The van der Waals surface area contributed by atoms with Gasteiger partial charge in [-0.25, -0.2) is 9.97 Å². The van der Waals surface area contributed by atoms with Gasteiger partial charge < -0.3 is 19.9 Å². The van der Waals surface area contributed by atoms with Gasteiger partial charge in [0.1, 0.15) is 17.9 Å². The van der Waals surface area contributed by atoms with Crippen molar-refractivity contribution in [2.75, 3.05) is 44.8 Å². The first-order chi connectivity index (χ1) is 13.3. The fourth-order valence-electron chi connectivity index (χ4n) is 3.73. The van der Waals surface area contributed by atoms with Crippen LogP contribution in [0.25, 0.3) is 10.9 Å². The van der Waals surface area contributed by atoms with E-state index in [1.807, 2.05) is 24.4 Å². The lowest BCUT2D eigenvalue weighted by molar-refractivity contribution is 0.0323. The average Bonchev–Trinajstić information content (AvgIpc) is 2.71. The molecule has 2 N–H and O–H groups in total. The third-order valence-electron chi connectivity index (χ3n) is 5.37. The first-order valence-corrected chi connectivity index (χ1v) is 9.91. The second-order valence-corrected chi connectivity index (χ2v) is 7.34. The zero-order chi connectivity index (χ0) is 18.5. The van der Waals surface area contributed by atoms with Crippen molar-refractivity contribution in [3.05, 3.63) is 24.4 Å². The van der Waals surface area contributed by atoms with Crippen LogP contribution in [-0.4, -0.2) is 71.6 Å². The van der Waals surface area contributed by atoms with Crippen LogP contribution in [0.2, 0.25) is 0 Å². The molecule has 4 rings (SSSR count). The molecular weight excluding hydrogens is 344 g/mol. The van der Waals surface area contributed by atoms with E-state index in [1.165, 1.54) is 0 Å². The number of aliphatic hydroxyl groups excluding tert-OH is 1. The van der Waals surface area contributed by atoms with Crippen molar-refractivity contribution in [1.29, 1.82) is 0 Å². The van der Waals surface area contributed by atoms with Crippen molar-refractivity contribution in [3.63, 3.8) is 0 Å². The molecule has 1 aliphatic carbocycles. The highest BCUT2D eigenvalue weighted by molar-refractivity contribution is 5.84. The second-order valence-electron chi connectivity index (χ2n) is 7.34. The van der Waals surface area contributed by atoms with E-state index in [9.17, 15) is 5.11 Å². The van der Waals surface area contributed by atoms with E-state index in [0.717, 1.165) is 75.2 Å². The Morgan fingerprint density at radius 2 is 2.00 bits per heavy atom. The van der Waals surface area contributed by atoms with Gasteiger partial charge in [-0.1, -0.05) is 12.1 Å². The van der Waals surface area contributed by atoms with Crippen LogP contribution in [0.5, 0.6) is 5.75 Å². The maximum atomic E-state index is 9.66. The predicted molar refractivity (Wildman–Crippen MR) is 104 cm³/mol. The number of aromatic nitrogens is 2. The number of para-hydroxylation sites is 1. The van der Waals surface area contributed by atoms with Crippen LogP contribution in [0.3, 0.4) is 0 Å². The molecule has 0 radical (unpaired) electrons. The lowest BCUT2D eigenvalue weighted by Crippen LogP contribution is -2.38. The van der Waals surface area contributed by atoms with Crippen LogP contribution >= 0.6 is 0 Å². The number of fused-ring (bicyclic) bond motifs is 1. The topological polar surface area (TPSA) is 79.7 Å².